The number of ketones is 1. The van der Waals surface area contributed by atoms with E-state index < -0.39 is 0 Å². The summed E-state index contributed by atoms with van der Waals surface area (Å²) in [5, 5.41) is 7.66. The number of aromatic nitrogens is 2. The molecular weight excluding hydrogens is 240 g/mol. The first-order valence-corrected chi connectivity index (χ1v) is 6.21. The smallest absolute Gasteiger partial charge is 0.168 e. The highest BCUT2D eigenvalue weighted by molar-refractivity contribution is 5.97. The molecule has 2 aromatic rings. The maximum Gasteiger partial charge on any atom is 0.168 e. The van der Waals surface area contributed by atoms with Crippen LogP contribution >= 0.6 is 0 Å². The Bertz CT molecular complexity index is 536. The standard InChI is InChI=1S/C15H16N2O2/c1-11(2)19-14-7-5-12(6-8-14)15(18)10-13-4-3-9-16-17-13/h3-9,11H,10H2,1-2H3. The Labute approximate surface area is 112 Å². The minimum Gasteiger partial charge on any atom is -0.491 e. The van der Waals surface area contributed by atoms with Gasteiger partial charge in [0.1, 0.15) is 5.75 Å². The largest absolute Gasteiger partial charge is 0.491 e. The highest BCUT2D eigenvalue weighted by atomic mass is 16.5. The average Bonchev–Trinajstić information content (AvgIpc) is 2.40. The fourth-order valence-corrected chi connectivity index (χ4v) is 1.69. The summed E-state index contributed by atoms with van der Waals surface area (Å²) >= 11 is 0. The van der Waals surface area contributed by atoms with Gasteiger partial charge in [-0.25, -0.2) is 0 Å². The SMILES string of the molecule is CC(C)Oc1ccc(C(=O)Cc2cccnn2)cc1. The van der Waals surface area contributed by atoms with Crippen LogP contribution in [0.4, 0.5) is 0 Å². The number of benzene rings is 1. The molecule has 0 aliphatic heterocycles. The van der Waals surface area contributed by atoms with E-state index in [4.69, 9.17) is 4.74 Å². The second kappa shape index (κ2) is 6.09. The lowest BCUT2D eigenvalue weighted by Gasteiger charge is -2.09. The number of carbonyl (C=O) groups is 1. The second-order valence-corrected chi connectivity index (χ2v) is 4.51. The van der Waals surface area contributed by atoms with E-state index in [0.717, 1.165) is 5.75 Å². The van der Waals surface area contributed by atoms with Crippen molar-refractivity contribution in [2.75, 3.05) is 0 Å². The maximum absolute atomic E-state index is 12.0. The normalized spacial score (nSPS) is 10.5. The van der Waals surface area contributed by atoms with Gasteiger partial charge in [-0.1, -0.05) is 0 Å². The van der Waals surface area contributed by atoms with Crippen molar-refractivity contribution in [3.05, 3.63) is 53.9 Å². The molecule has 0 N–H and O–H groups in total. The van der Waals surface area contributed by atoms with Crippen molar-refractivity contribution in [1.29, 1.82) is 0 Å². The van der Waals surface area contributed by atoms with Crippen molar-refractivity contribution in [2.24, 2.45) is 0 Å². The molecule has 4 heteroatoms. The zero-order valence-electron chi connectivity index (χ0n) is 11.0. The molecular formula is C15H16N2O2. The van der Waals surface area contributed by atoms with Gasteiger partial charge in [-0.05, 0) is 50.2 Å². The summed E-state index contributed by atoms with van der Waals surface area (Å²) in [6.45, 7) is 3.93. The van der Waals surface area contributed by atoms with Crippen molar-refractivity contribution in [3.63, 3.8) is 0 Å². The highest BCUT2D eigenvalue weighted by Gasteiger charge is 2.08. The minimum absolute atomic E-state index is 0.0246. The van der Waals surface area contributed by atoms with Crippen LogP contribution in [0.1, 0.15) is 29.9 Å². The van der Waals surface area contributed by atoms with E-state index in [1.54, 1.807) is 30.5 Å². The molecule has 98 valence electrons. The first-order chi connectivity index (χ1) is 9.15. The monoisotopic (exact) mass is 256 g/mol. The number of nitrogens with zero attached hydrogens (tertiary/aromatic N) is 2. The molecule has 0 saturated heterocycles. The third-order valence-electron chi connectivity index (χ3n) is 2.52. The Kier molecular flexibility index (Phi) is 4.23. The zero-order chi connectivity index (χ0) is 13.7. The molecule has 0 unspecified atom stereocenters. The molecule has 1 heterocycles. The molecule has 0 aliphatic carbocycles. The van der Waals surface area contributed by atoms with Crippen LogP contribution in [0.25, 0.3) is 0 Å². The summed E-state index contributed by atoms with van der Waals surface area (Å²) in [6.07, 6.45) is 1.98. The van der Waals surface area contributed by atoms with Gasteiger partial charge < -0.3 is 4.74 Å². The minimum atomic E-state index is 0.0246. The number of carbonyl (C=O) groups excluding carboxylic acids is 1. The number of ether oxygens (including phenoxy) is 1. The third kappa shape index (κ3) is 3.88. The van der Waals surface area contributed by atoms with Crippen LogP contribution in [0.15, 0.2) is 42.6 Å². The predicted octanol–water partition coefficient (Wildman–Crippen LogP) is 2.69. The molecule has 1 aromatic heterocycles. The predicted molar refractivity (Wildman–Crippen MR) is 72.3 cm³/mol. The van der Waals surface area contributed by atoms with Gasteiger partial charge in [-0.15, -0.1) is 0 Å². The first-order valence-electron chi connectivity index (χ1n) is 6.21. The van der Waals surface area contributed by atoms with Crippen LogP contribution in [0.3, 0.4) is 0 Å². The third-order valence-corrected chi connectivity index (χ3v) is 2.52. The van der Waals surface area contributed by atoms with Crippen LogP contribution in [-0.2, 0) is 6.42 Å². The Morgan fingerprint density at radius 2 is 1.95 bits per heavy atom. The molecule has 0 atom stereocenters. The van der Waals surface area contributed by atoms with E-state index in [-0.39, 0.29) is 18.3 Å². The Morgan fingerprint density at radius 1 is 1.21 bits per heavy atom. The number of hydrogen-bond acceptors (Lipinski definition) is 4. The summed E-state index contributed by atoms with van der Waals surface area (Å²) in [5.74, 6) is 0.794. The van der Waals surface area contributed by atoms with Gasteiger partial charge >= 0.3 is 0 Å². The van der Waals surface area contributed by atoms with Crippen LogP contribution in [0, 0.1) is 0 Å². The second-order valence-electron chi connectivity index (χ2n) is 4.51. The van der Waals surface area contributed by atoms with Crippen molar-refractivity contribution in [2.45, 2.75) is 26.4 Å². The molecule has 0 aliphatic rings. The average molecular weight is 256 g/mol. The van der Waals surface area contributed by atoms with Gasteiger partial charge in [0, 0.05) is 11.8 Å². The molecule has 19 heavy (non-hydrogen) atoms. The van der Waals surface area contributed by atoms with Crippen molar-refractivity contribution >= 4 is 5.78 Å². The van der Waals surface area contributed by atoms with Crippen LogP contribution in [0.2, 0.25) is 0 Å². The molecule has 0 bridgehead atoms. The Balaban J connectivity index is 2.04. The van der Waals surface area contributed by atoms with Gasteiger partial charge in [-0.3, -0.25) is 4.79 Å². The summed E-state index contributed by atoms with van der Waals surface area (Å²) in [4.78, 5) is 12.0. The molecule has 4 nitrogen and oxygen atoms in total. The Hall–Kier alpha value is -2.23. The quantitative estimate of drug-likeness (QED) is 0.772. The fraction of sp³-hybridized carbons (Fsp3) is 0.267. The Morgan fingerprint density at radius 3 is 2.53 bits per heavy atom. The number of rotatable bonds is 5. The van der Waals surface area contributed by atoms with Gasteiger partial charge in [-0.2, -0.15) is 10.2 Å². The van der Waals surface area contributed by atoms with Gasteiger partial charge in [0.15, 0.2) is 5.78 Å². The lowest BCUT2D eigenvalue weighted by atomic mass is 10.1. The molecule has 0 amide bonds. The summed E-state index contributed by atoms with van der Waals surface area (Å²) in [6, 6.07) is 10.7. The van der Waals surface area contributed by atoms with Crippen LogP contribution < -0.4 is 4.74 Å². The van der Waals surface area contributed by atoms with E-state index in [1.165, 1.54) is 0 Å². The lowest BCUT2D eigenvalue weighted by molar-refractivity contribution is 0.0991. The summed E-state index contributed by atoms with van der Waals surface area (Å²) in [7, 11) is 0. The zero-order valence-corrected chi connectivity index (χ0v) is 11.0. The van der Waals surface area contributed by atoms with Gasteiger partial charge in [0.2, 0.25) is 0 Å². The highest BCUT2D eigenvalue weighted by Crippen LogP contribution is 2.15. The van der Waals surface area contributed by atoms with Crippen molar-refractivity contribution in [1.82, 2.24) is 10.2 Å². The molecule has 1 aromatic carbocycles. The van der Waals surface area contributed by atoms with E-state index >= 15 is 0 Å². The first kappa shape index (κ1) is 13.2. The van der Waals surface area contributed by atoms with Gasteiger partial charge in [0.05, 0.1) is 18.2 Å². The van der Waals surface area contributed by atoms with E-state index in [1.807, 2.05) is 26.0 Å². The fourth-order valence-electron chi connectivity index (χ4n) is 1.69. The van der Waals surface area contributed by atoms with E-state index in [9.17, 15) is 4.79 Å². The van der Waals surface area contributed by atoms with Crippen LogP contribution in [-0.4, -0.2) is 22.1 Å². The van der Waals surface area contributed by atoms with Crippen molar-refractivity contribution in [3.8, 4) is 5.75 Å². The molecule has 0 fully saturated rings. The molecule has 0 saturated carbocycles. The van der Waals surface area contributed by atoms with E-state index in [0.29, 0.717) is 11.3 Å². The van der Waals surface area contributed by atoms with Crippen molar-refractivity contribution < 1.29 is 9.53 Å². The lowest BCUT2D eigenvalue weighted by Crippen LogP contribution is -2.07. The molecule has 0 radical (unpaired) electrons. The maximum atomic E-state index is 12.0. The molecule has 2 rings (SSSR count). The number of Topliss-reactive ketones (excluding diaryl/α,β-unsaturated/α-hetero) is 1. The number of hydrogen-bond donors (Lipinski definition) is 0. The topological polar surface area (TPSA) is 52.1 Å². The summed E-state index contributed by atoms with van der Waals surface area (Å²) < 4.78 is 5.53. The van der Waals surface area contributed by atoms with Crippen LogP contribution in [0.5, 0.6) is 5.75 Å². The van der Waals surface area contributed by atoms with Gasteiger partial charge in [0.25, 0.3) is 0 Å². The molecule has 0 spiro atoms. The summed E-state index contributed by atoms with van der Waals surface area (Å²) in [5.41, 5.74) is 1.33. The van der Waals surface area contributed by atoms with E-state index in [2.05, 4.69) is 10.2 Å².